The van der Waals surface area contributed by atoms with Gasteiger partial charge in [0.2, 0.25) is 0 Å². The number of hydrogen-bond acceptors (Lipinski definition) is 2. The van der Waals surface area contributed by atoms with E-state index in [2.05, 4.69) is 94.5 Å². The summed E-state index contributed by atoms with van der Waals surface area (Å²) in [6.45, 7) is 13.4. The van der Waals surface area contributed by atoms with Gasteiger partial charge in [0, 0.05) is 5.56 Å². The number of rotatable bonds is 6. The molecule has 3 aromatic carbocycles. The van der Waals surface area contributed by atoms with E-state index in [1.807, 2.05) is 12.1 Å². The van der Waals surface area contributed by atoms with Gasteiger partial charge < -0.3 is 9.47 Å². The van der Waals surface area contributed by atoms with E-state index in [4.69, 9.17) is 9.47 Å². The molecular weight excluding hydrogens is 495 g/mol. The lowest BCUT2D eigenvalue weighted by atomic mass is 9.82. The molecule has 0 aromatic heterocycles. The van der Waals surface area contributed by atoms with Crippen LogP contribution in [-0.2, 0) is 0 Å². The van der Waals surface area contributed by atoms with Crippen LogP contribution in [0.15, 0.2) is 42.5 Å². The number of halogens is 1. The van der Waals surface area contributed by atoms with E-state index in [9.17, 15) is 0 Å². The number of methoxy groups -OCH3 is 2. The topological polar surface area (TPSA) is 18.5 Å². The molecule has 0 aliphatic rings. The van der Waals surface area contributed by atoms with Crippen LogP contribution in [0.25, 0.3) is 22.3 Å². The highest BCUT2D eigenvalue weighted by atomic mass is 127. The van der Waals surface area contributed by atoms with Gasteiger partial charge in [-0.2, -0.15) is 0 Å². The molecule has 3 aromatic rings. The van der Waals surface area contributed by atoms with Gasteiger partial charge >= 0.3 is 0 Å². The molecule has 0 aliphatic carbocycles. The van der Waals surface area contributed by atoms with Crippen LogP contribution in [0.2, 0.25) is 0 Å². The monoisotopic (exact) mass is 528 g/mol. The molecule has 31 heavy (non-hydrogen) atoms. The second-order valence-corrected chi connectivity index (χ2v) is 9.95. The zero-order valence-corrected chi connectivity index (χ0v) is 22.0. The van der Waals surface area contributed by atoms with Gasteiger partial charge in [-0.1, -0.05) is 69.2 Å². The number of ether oxygens (including phenoxy) is 2. The maximum Gasteiger partial charge on any atom is 0.133 e. The van der Waals surface area contributed by atoms with Gasteiger partial charge in [0.05, 0.1) is 17.8 Å². The molecular formula is C28H33IO2. The van der Waals surface area contributed by atoms with Crippen LogP contribution in [0.4, 0.5) is 0 Å². The summed E-state index contributed by atoms with van der Waals surface area (Å²) in [7, 11) is 3.47. The highest BCUT2D eigenvalue weighted by Crippen LogP contribution is 2.47. The average Bonchev–Trinajstić information content (AvgIpc) is 2.71. The smallest absolute Gasteiger partial charge is 0.133 e. The molecule has 0 bridgehead atoms. The van der Waals surface area contributed by atoms with E-state index >= 15 is 0 Å². The number of benzene rings is 3. The second-order valence-electron chi connectivity index (χ2n) is 8.87. The minimum absolute atomic E-state index is 0.366. The lowest BCUT2D eigenvalue weighted by molar-refractivity contribution is 0.402. The fourth-order valence-electron chi connectivity index (χ4n) is 4.30. The Morgan fingerprint density at radius 1 is 0.645 bits per heavy atom. The Kier molecular flexibility index (Phi) is 7.35. The third-order valence-corrected chi connectivity index (χ3v) is 6.83. The van der Waals surface area contributed by atoms with Crippen molar-refractivity contribution >= 4 is 22.6 Å². The van der Waals surface area contributed by atoms with Crippen molar-refractivity contribution in [3.63, 3.8) is 0 Å². The number of hydrogen-bond donors (Lipinski definition) is 0. The van der Waals surface area contributed by atoms with Gasteiger partial charge in [-0.15, -0.1) is 0 Å². The predicted molar refractivity (Wildman–Crippen MR) is 141 cm³/mol. The predicted octanol–water partition coefficient (Wildman–Crippen LogP) is 8.51. The molecule has 164 valence electrons. The molecule has 0 radical (unpaired) electrons. The van der Waals surface area contributed by atoms with Crippen molar-refractivity contribution in [1.82, 2.24) is 0 Å². The normalized spacial score (nSPS) is 11.3. The van der Waals surface area contributed by atoms with E-state index < -0.39 is 0 Å². The van der Waals surface area contributed by atoms with Gasteiger partial charge in [0.25, 0.3) is 0 Å². The summed E-state index contributed by atoms with van der Waals surface area (Å²) >= 11 is 2.40. The highest BCUT2D eigenvalue weighted by molar-refractivity contribution is 14.1. The molecule has 0 aliphatic heterocycles. The van der Waals surface area contributed by atoms with Crippen LogP contribution >= 0.6 is 22.6 Å². The zero-order valence-electron chi connectivity index (χ0n) is 19.9. The largest absolute Gasteiger partial charge is 0.496 e. The molecule has 2 nitrogen and oxygen atoms in total. The van der Waals surface area contributed by atoms with Crippen LogP contribution < -0.4 is 9.47 Å². The van der Waals surface area contributed by atoms with Crippen LogP contribution in [0, 0.1) is 17.4 Å². The summed E-state index contributed by atoms with van der Waals surface area (Å²) in [6, 6.07) is 15.5. The molecule has 0 atom stereocenters. The quantitative estimate of drug-likeness (QED) is 0.299. The van der Waals surface area contributed by atoms with E-state index in [-0.39, 0.29) is 0 Å². The van der Waals surface area contributed by atoms with Crippen molar-refractivity contribution in [3.8, 4) is 33.8 Å². The zero-order chi connectivity index (χ0) is 22.9. The minimum atomic E-state index is 0.366. The SMILES string of the molecule is COc1ccc(OC)c(-c2c(C(C)C)cc(-c3cc(C)cc(C)c3)cc2C(C)C)c1I. The van der Waals surface area contributed by atoms with Crippen molar-refractivity contribution < 1.29 is 9.47 Å². The Hall–Kier alpha value is -2.01. The lowest BCUT2D eigenvalue weighted by Crippen LogP contribution is -2.05. The summed E-state index contributed by atoms with van der Waals surface area (Å²) in [5, 5.41) is 0. The molecule has 0 N–H and O–H groups in total. The third kappa shape index (κ3) is 4.77. The standard InChI is InChI=1S/C28H33IO2/c1-16(2)22-14-21(20-12-18(5)11-19(6)13-20)15-23(17(3)4)26(22)27-24(30-7)9-10-25(31-8)28(27)29/h9-17H,1-8H3. The Morgan fingerprint density at radius 2 is 1.10 bits per heavy atom. The van der Waals surface area contributed by atoms with E-state index in [1.54, 1.807) is 14.2 Å². The molecule has 0 fully saturated rings. The van der Waals surface area contributed by atoms with Gasteiger partial charge in [0.15, 0.2) is 0 Å². The Morgan fingerprint density at radius 3 is 1.55 bits per heavy atom. The van der Waals surface area contributed by atoms with Gasteiger partial charge in [-0.25, -0.2) is 0 Å². The van der Waals surface area contributed by atoms with Crippen molar-refractivity contribution in [2.45, 2.75) is 53.4 Å². The fraction of sp³-hybridized carbons (Fsp3) is 0.357. The molecule has 0 spiro atoms. The summed E-state index contributed by atoms with van der Waals surface area (Å²) in [6.07, 6.45) is 0. The summed E-state index contributed by atoms with van der Waals surface area (Å²) in [5.41, 5.74) is 10.2. The van der Waals surface area contributed by atoms with E-state index in [1.165, 1.54) is 38.9 Å². The Bertz CT molecular complexity index is 1050. The first-order chi connectivity index (χ1) is 14.7. The van der Waals surface area contributed by atoms with Crippen LogP contribution in [0.5, 0.6) is 11.5 Å². The molecule has 0 saturated carbocycles. The lowest BCUT2D eigenvalue weighted by Gasteiger charge is -2.25. The maximum absolute atomic E-state index is 5.84. The second kappa shape index (κ2) is 9.64. The summed E-state index contributed by atoms with van der Waals surface area (Å²) in [4.78, 5) is 0. The van der Waals surface area contributed by atoms with Crippen LogP contribution in [0.3, 0.4) is 0 Å². The van der Waals surface area contributed by atoms with E-state index in [0.29, 0.717) is 11.8 Å². The van der Waals surface area contributed by atoms with Crippen molar-refractivity contribution in [3.05, 3.63) is 68.3 Å². The molecule has 0 heterocycles. The Labute approximate surface area is 201 Å². The first-order valence-electron chi connectivity index (χ1n) is 10.8. The molecule has 0 saturated heterocycles. The molecule has 3 rings (SSSR count). The van der Waals surface area contributed by atoms with Gasteiger partial charge in [-0.05, 0) is 88.2 Å². The fourth-order valence-corrected chi connectivity index (χ4v) is 5.23. The number of aryl methyl sites for hydroxylation is 2. The Balaban J connectivity index is 2.42. The van der Waals surface area contributed by atoms with Crippen LogP contribution in [0.1, 0.15) is 61.8 Å². The third-order valence-electron chi connectivity index (χ3n) is 5.76. The average molecular weight is 528 g/mol. The van der Waals surface area contributed by atoms with Crippen LogP contribution in [-0.4, -0.2) is 14.2 Å². The van der Waals surface area contributed by atoms with Crippen molar-refractivity contribution in [2.75, 3.05) is 14.2 Å². The first kappa shape index (κ1) is 23.6. The maximum atomic E-state index is 5.84. The molecule has 0 amide bonds. The van der Waals surface area contributed by atoms with Crippen molar-refractivity contribution in [2.24, 2.45) is 0 Å². The summed E-state index contributed by atoms with van der Waals surface area (Å²) in [5.74, 6) is 2.49. The summed E-state index contributed by atoms with van der Waals surface area (Å²) < 4.78 is 12.6. The highest BCUT2D eigenvalue weighted by Gasteiger charge is 2.24. The van der Waals surface area contributed by atoms with Crippen molar-refractivity contribution in [1.29, 1.82) is 0 Å². The van der Waals surface area contributed by atoms with Gasteiger partial charge in [0.1, 0.15) is 11.5 Å². The van der Waals surface area contributed by atoms with E-state index in [0.717, 1.165) is 20.6 Å². The molecule has 0 unspecified atom stereocenters. The van der Waals surface area contributed by atoms with Gasteiger partial charge in [-0.3, -0.25) is 0 Å². The molecule has 3 heteroatoms. The minimum Gasteiger partial charge on any atom is -0.496 e. The first-order valence-corrected chi connectivity index (χ1v) is 11.9.